The van der Waals surface area contributed by atoms with Crippen LogP contribution in [0.5, 0.6) is 0 Å². The third kappa shape index (κ3) is 8.24. The maximum Gasteiger partial charge on any atom is 0.309 e. The quantitative estimate of drug-likeness (QED) is 0.392. The standard InChI is InChI=1S/C32H39FN2O5/c33-28-15-13-24(14-16-28)20-27-11-6-2-5-10-26(31(38)35-17-7-12-29(35)23-40-32(27)39)21-30(37)34(18-19-36)22-25-8-3-1-4-9-25/h1-5,8-9,13-16,26-27,29,36H,6-7,10-12,17-23H2/b5-2-/t26-,27-,29-/m1/s1. The number of cyclic esters (lactones) is 1. The molecule has 4 rings (SSSR count). The van der Waals surface area contributed by atoms with E-state index in [9.17, 15) is 23.9 Å². The average Bonchev–Trinajstić information content (AvgIpc) is 3.43. The van der Waals surface area contributed by atoms with Gasteiger partial charge in [-0.2, -0.15) is 0 Å². The lowest BCUT2D eigenvalue weighted by atomic mass is 9.94. The number of ether oxygens (including phenoxy) is 1. The molecule has 2 aromatic rings. The van der Waals surface area contributed by atoms with E-state index in [1.54, 1.807) is 21.9 Å². The van der Waals surface area contributed by atoms with Crippen molar-refractivity contribution in [2.75, 3.05) is 26.3 Å². The number of carbonyl (C=O) groups excluding carboxylic acids is 3. The second-order valence-corrected chi connectivity index (χ2v) is 10.7. The van der Waals surface area contributed by atoms with Gasteiger partial charge >= 0.3 is 5.97 Å². The zero-order valence-corrected chi connectivity index (χ0v) is 22.9. The summed E-state index contributed by atoms with van der Waals surface area (Å²) in [5, 5.41) is 9.59. The zero-order chi connectivity index (χ0) is 28.3. The minimum absolute atomic E-state index is 0.0478. The Balaban J connectivity index is 1.47. The SMILES string of the molecule is O=C1OC[C@H]2CCCN2C(=O)[C@@H](CC(=O)N(CCO)Cc2ccccc2)C/C=C\CC[C@@H]1Cc1ccc(F)cc1. The molecule has 2 aliphatic rings. The fourth-order valence-corrected chi connectivity index (χ4v) is 5.54. The molecule has 0 radical (unpaired) electrons. The minimum atomic E-state index is -0.534. The molecule has 0 aromatic heterocycles. The molecule has 1 fully saturated rings. The molecule has 2 aromatic carbocycles. The van der Waals surface area contributed by atoms with E-state index in [1.165, 1.54) is 12.1 Å². The van der Waals surface area contributed by atoms with Crippen LogP contribution >= 0.6 is 0 Å². The fourth-order valence-electron chi connectivity index (χ4n) is 5.54. The molecular formula is C32H39FN2O5. The van der Waals surface area contributed by atoms with Gasteiger partial charge in [0.05, 0.1) is 24.5 Å². The summed E-state index contributed by atoms with van der Waals surface area (Å²) in [4.78, 5) is 43.5. The highest BCUT2D eigenvalue weighted by Gasteiger charge is 2.35. The third-order valence-corrected chi connectivity index (χ3v) is 7.79. The molecule has 3 atom stereocenters. The summed E-state index contributed by atoms with van der Waals surface area (Å²) in [7, 11) is 0. The second kappa shape index (κ2) is 14.7. The number of fused-ring (bicyclic) bond motifs is 1. The van der Waals surface area contributed by atoms with Gasteiger partial charge in [0.2, 0.25) is 11.8 Å². The number of hydrogen-bond donors (Lipinski definition) is 1. The molecule has 0 bridgehead atoms. The van der Waals surface area contributed by atoms with E-state index in [0.29, 0.717) is 38.8 Å². The number of hydrogen-bond acceptors (Lipinski definition) is 5. The first-order chi connectivity index (χ1) is 19.4. The van der Waals surface area contributed by atoms with Crippen molar-refractivity contribution in [1.82, 2.24) is 9.80 Å². The van der Waals surface area contributed by atoms with E-state index in [-0.39, 0.29) is 61.7 Å². The van der Waals surface area contributed by atoms with E-state index < -0.39 is 5.92 Å². The zero-order valence-electron chi connectivity index (χ0n) is 22.9. The van der Waals surface area contributed by atoms with Gasteiger partial charge in [-0.25, -0.2) is 4.39 Å². The average molecular weight is 551 g/mol. The predicted octanol–water partition coefficient (Wildman–Crippen LogP) is 4.29. The number of halogens is 1. The summed E-state index contributed by atoms with van der Waals surface area (Å²) in [6.45, 7) is 1.11. The van der Waals surface area contributed by atoms with Crippen molar-refractivity contribution in [2.45, 2.75) is 57.5 Å². The van der Waals surface area contributed by atoms with Crippen LogP contribution in [0.1, 0.15) is 49.7 Å². The number of esters is 1. The first kappa shape index (κ1) is 29.5. The molecule has 0 aliphatic carbocycles. The Labute approximate surface area is 235 Å². The number of rotatable bonds is 8. The second-order valence-electron chi connectivity index (χ2n) is 10.7. The number of carbonyl (C=O) groups is 3. The molecule has 1 saturated heterocycles. The van der Waals surface area contributed by atoms with Crippen LogP contribution in [0.3, 0.4) is 0 Å². The van der Waals surface area contributed by atoms with Crippen LogP contribution in [-0.2, 0) is 32.1 Å². The summed E-state index contributed by atoms with van der Waals surface area (Å²) in [5.74, 6) is -1.79. The van der Waals surface area contributed by atoms with Crippen LogP contribution < -0.4 is 0 Å². The highest BCUT2D eigenvalue weighted by Crippen LogP contribution is 2.26. The monoisotopic (exact) mass is 550 g/mol. The van der Waals surface area contributed by atoms with E-state index in [1.807, 2.05) is 42.5 Å². The molecule has 2 aliphatic heterocycles. The molecule has 1 N–H and O–H groups in total. The molecule has 0 spiro atoms. The van der Waals surface area contributed by atoms with E-state index >= 15 is 0 Å². The summed E-state index contributed by atoms with van der Waals surface area (Å²) in [6, 6.07) is 15.5. The van der Waals surface area contributed by atoms with Crippen molar-refractivity contribution in [3.63, 3.8) is 0 Å². The number of benzene rings is 2. The normalized spacial score (nSPS) is 22.9. The molecule has 0 saturated carbocycles. The van der Waals surface area contributed by atoms with Gasteiger partial charge in [-0.3, -0.25) is 14.4 Å². The van der Waals surface area contributed by atoms with E-state index in [0.717, 1.165) is 24.0 Å². The first-order valence-corrected chi connectivity index (χ1v) is 14.2. The Kier molecular flexibility index (Phi) is 10.9. The van der Waals surface area contributed by atoms with Crippen LogP contribution in [-0.4, -0.2) is 65.0 Å². The summed E-state index contributed by atoms with van der Waals surface area (Å²) < 4.78 is 19.1. The Hall–Kier alpha value is -3.52. The molecule has 8 heteroatoms. The molecule has 7 nitrogen and oxygen atoms in total. The van der Waals surface area contributed by atoms with Crippen molar-refractivity contribution in [2.24, 2.45) is 11.8 Å². The lowest BCUT2D eigenvalue weighted by Gasteiger charge is -2.30. The lowest BCUT2D eigenvalue weighted by molar-refractivity contribution is -0.152. The van der Waals surface area contributed by atoms with Crippen molar-refractivity contribution >= 4 is 17.8 Å². The van der Waals surface area contributed by atoms with E-state index in [4.69, 9.17) is 4.74 Å². The number of allylic oxidation sites excluding steroid dienone is 2. The Morgan fingerprint density at radius 3 is 2.52 bits per heavy atom. The number of aliphatic hydroxyl groups is 1. The molecule has 0 unspecified atom stereocenters. The van der Waals surface area contributed by atoms with E-state index in [2.05, 4.69) is 0 Å². The van der Waals surface area contributed by atoms with Crippen molar-refractivity contribution in [1.29, 1.82) is 0 Å². The molecule has 214 valence electrons. The molecule has 2 amide bonds. The van der Waals surface area contributed by atoms with Gasteiger partial charge in [-0.05, 0) is 61.8 Å². The summed E-state index contributed by atoms with van der Waals surface area (Å²) in [6.07, 6.45) is 7.57. The van der Waals surface area contributed by atoms with Crippen molar-refractivity contribution in [3.8, 4) is 0 Å². The first-order valence-electron chi connectivity index (χ1n) is 14.2. The lowest BCUT2D eigenvalue weighted by Crippen LogP contribution is -2.44. The maximum absolute atomic E-state index is 13.7. The largest absolute Gasteiger partial charge is 0.463 e. The summed E-state index contributed by atoms with van der Waals surface area (Å²) in [5.41, 5.74) is 1.83. The maximum atomic E-state index is 13.7. The van der Waals surface area contributed by atoms with Crippen molar-refractivity contribution < 1.29 is 28.6 Å². The number of aliphatic hydroxyl groups excluding tert-OH is 1. The Bertz CT molecular complexity index is 1150. The number of amides is 2. The number of nitrogens with zero attached hydrogens (tertiary/aromatic N) is 2. The van der Waals surface area contributed by atoms with Crippen LogP contribution in [0.25, 0.3) is 0 Å². The highest BCUT2D eigenvalue weighted by molar-refractivity contribution is 5.86. The van der Waals surface area contributed by atoms with Gasteiger partial charge in [0, 0.05) is 26.1 Å². The van der Waals surface area contributed by atoms with Crippen LogP contribution in [0, 0.1) is 17.7 Å². The van der Waals surface area contributed by atoms with Gasteiger partial charge < -0.3 is 19.6 Å². The predicted molar refractivity (Wildman–Crippen MR) is 149 cm³/mol. The van der Waals surface area contributed by atoms with Gasteiger partial charge in [0.25, 0.3) is 0 Å². The third-order valence-electron chi connectivity index (χ3n) is 7.79. The van der Waals surface area contributed by atoms with Gasteiger partial charge in [-0.15, -0.1) is 0 Å². The smallest absolute Gasteiger partial charge is 0.309 e. The van der Waals surface area contributed by atoms with Gasteiger partial charge in [-0.1, -0.05) is 54.6 Å². The highest BCUT2D eigenvalue weighted by atomic mass is 19.1. The minimum Gasteiger partial charge on any atom is -0.463 e. The fraction of sp³-hybridized carbons (Fsp3) is 0.469. The Morgan fingerprint density at radius 1 is 1.00 bits per heavy atom. The molecule has 40 heavy (non-hydrogen) atoms. The van der Waals surface area contributed by atoms with Gasteiger partial charge in [0.1, 0.15) is 12.4 Å². The van der Waals surface area contributed by atoms with Crippen LogP contribution in [0.2, 0.25) is 0 Å². The Morgan fingerprint density at radius 2 is 1.77 bits per heavy atom. The summed E-state index contributed by atoms with van der Waals surface area (Å²) >= 11 is 0. The van der Waals surface area contributed by atoms with Crippen LogP contribution in [0.15, 0.2) is 66.7 Å². The molecular weight excluding hydrogens is 511 g/mol. The molecule has 2 heterocycles. The topological polar surface area (TPSA) is 87.2 Å². The van der Waals surface area contributed by atoms with Crippen molar-refractivity contribution in [3.05, 3.63) is 83.7 Å². The van der Waals surface area contributed by atoms with Crippen LogP contribution in [0.4, 0.5) is 4.39 Å². The van der Waals surface area contributed by atoms with Gasteiger partial charge in [0.15, 0.2) is 0 Å².